The van der Waals surface area contributed by atoms with Crippen molar-refractivity contribution in [1.29, 1.82) is 0 Å². The van der Waals surface area contributed by atoms with Crippen molar-refractivity contribution in [3.63, 3.8) is 0 Å². The normalized spacial score (nSPS) is 46.9. The molecule has 3 heterocycles. The lowest BCUT2D eigenvalue weighted by atomic mass is 9.73. The largest absolute Gasteiger partial charge is 0.459 e. The zero-order valence-electron chi connectivity index (χ0n) is 35.4. The van der Waals surface area contributed by atoms with Gasteiger partial charge in [0.25, 0.3) is 0 Å². The van der Waals surface area contributed by atoms with E-state index >= 15 is 0 Å². The molecule has 0 spiro atoms. The second-order valence-corrected chi connectivity index (χ2v) is 16.8. The molecule has 0 bridgehead atoms. The third-order valence-corrected chi connectivity index (χ3v) is 12.1. The van der Waals surface area contributed by atoms with Crippen LogP contribution in [0.25, 0.3) is 0 Å². The number of likely N-dealkylation sites (N-methyl/N-ethyl adjacent to an activating group) is 1. The highest BCUT2D eigenvalue weighted by molar-refractivity contribution is 5.88. The number of ether oxygens (including phenoxy) is 7. The van der Waals surface area contributed by atoms with Crippen LogP contribution in [0.5, 0.6) is 0 Å². The number of nitrogens with zero attached hydrogens (tertiary/aromatic N) is 1. The highest BCUT2D eigenvalue weighted by Crippen LogP contribution is 2.41. The van der Waals surface area contributed by atoms with Gasteiger partial charge < -0.3 is 74.0 Å². The highest BCUT2D eigenvalue weighted by atomic mass is 16.7. The molecule has 56 heavy (non-hydrogen) atoms. The lowest BCUT2D eigenvalue weighted by molar-refractivity contribution is -0.315. The zero-order valence-corrected chi connectivity index (χ0v) is 35.4. The van der Waals surface area contributed by atoms with Gasteiger partial charge in [0.05, 0.1) is 66.6 Å². The predicted molar refractivity (Wildman–Crippen MR) is 203 cm³/mol. The summed E-state index contributed by atoms with van der Waals surface area (Å²) in [7, 11) is 3.21. The van der Waals surface area contributed by atoms with Gasteiger partial charge in [-0.15, -0.1) is 0 Å². The van der Waals surface area contributed by atoms with Gasteiger partial charge in [-0.1, -0.05) is 32.9 Å². The molecule has 0 radical (unpaired) electrons. The quantitative estimate of drug-likeness (QED) is 0.0635. The molecule has 0 aromatic heterocycles. The first kappa shape index (κ1) is 48.8. The summed E-state index contributed by atoms with van der Waals surface area (Å²) in [5.41, 5.74) is -4.56. The molecular weight excluding hydrogens is 736 g/mol. The average molecular weight is 809 g/mol. The number of cyclic esters (lactones) is 1. The van der Waals surface area contributed by atoms with E-state index in [0.717, 1.165) is 0 Å². The number of rotatable bonds is 12. The van der Waals surface area contributed by atoms with Crippen molar-refractivity contribution in [3.05, 3.63) is 0 Å². The molecule has 0 aliphatic carbocycles. The predicted octanol–water partition coefficient (Wildman–Crippen LogP) is 1.21. The Balaban J connectivity index is 2.22. The molecule has 0 saturated carbocycles. The van der Waals surface area contributed by atoms with Crippen molar-refractivity contribution in [2.75, 3.05) is 34.2 Å². The first-order valence-corrected chi connectivity index (χ1v) is 20.0. The van der Waals surface area contributed by atoms with Crippen LogP contribution < -0.4 is 5.32 Å². The van der Waals surface area contributed by atoms with E-state index in [0.29, 0.717) is 6.42 Å². The molecule has 3 saturated heterocycles. The van der Waals surface area contributed by atoms with E-state index in [2.05, 4.69) is 10.5 Å². The molecule has 7 N–H and O–H groups in total. The van der Waals surface area contributed by atoms with Crippen LogP contribution in [0.1, 0.15) is 94.9 Å². The molecule has 0 aromatic carbocycles. The molecule has 17 nitrogen and oxygen atoms in total. The smallest absolute Gasteiger partial charge is 0.311 e. The second-order valence-electron chi connectivity index (χ2n) is 16.8. The highest BCUT2D eigenvalue weighted by Gasteiger charge is 2.53. The van der Waals surface area contributed by atoms with Crippen molar-refractivity contribution in [3.8, 4) is 0 Å². The fraction of sp³-hybridized carbons (Fsp3) is 0.949. The Labute approximate surface area is 332 Å². The van der Waals surface area contributed by atoms with Gasteiger partial charge in [0, 0.05) is 37.3 Å². The number of hydrogen-bond acceptors (Lipinski definition) is 17. The molecule has 3 aliphatic heterocycles. The fourth-order valence-electron chi connectivity index (χ4n) is 8.65. The van der Waals surface area contributed by atoms with Crippen molar-refractivity contribution >= 4 is 11.7 Å². The first-order chi connectivity index (χ1) is 26.1. The lowest BCUT2D eigenvalue weighted by Gasteiger charge is -2.49. The molecule has 0 amide bonds. The minimum atomic E-state index is -1.98. The number of oxime groups is 1. The molecule has 328 valence electrons. The zero-order chi connectivity index (χ0) is 42.3. The van der Waals surface area contributed by atoms with Crippen LogP contribution in [-0.2, 0) is 42.8 Å². The van der Waals surface area contributed by atoms with Crippen LogP contribution in [-0.4, -0.2) is 161 Å². The van der Waals surface area contributed by atoms with Gasteiger partial charge in [0.1, 0.15) is 23.9 Å². The molecule has 3 fully saturated rings. The van der Waals surface area contributed by atoms with Crippen LogP contribution in [0.3, 0.4) is 0 Å². The summed E-state index contributed by atoms with van der Waals surface area (Å²) >= 11 is 0. The lowest BCUT2D eigenvalue weighted by Crippen LogP contribution is -2.61. The number of esters is 1. The van der Waals surface area contributed by atoms with Crippen LogP contribution in [0.2, 0.25) is 0 Å². The maximum Gasteiger partial charge on any atom is 0.311 e. The SMILES string of the molecule is CC[C@H]1OC(=O)[C@H](C)[C@@H](O[C@H]2C[C@@](C)(OC)[C@@H](O)[C@H](C)O2)[C@H](C)[C@@H](O[C@@H]2O[C@H](C)C[C@H](NC)[C@H]2O)[C@](C)(O)C[C@@H](C)/C(=N\OCOCCO)[C@H](C)[C@@H](O)[C@]1(C)O. The molecule has 17 heteroatoms. The van der Waals surface area contributed by atoms with Crippen LogP contribution in [0.4, 0.5) is 0 Å². The van der Waals surface area contributed by atoms with Gasteiger partial charge in [-0.3, -0.25) is 4.79 Å². The van der Waals surface area contributed by atoms with E-state index in [1.165, 1.54) is 14.0 Å². The topological polar surface area (TPSA) is 237 Å². The van der Waals surface area contributed by atoms with E-state index in [-0.39, 0.29) is 57.1 Å². The number of nitrogens with one attached hydrogen (secondary N) is 1. The standard InChI is InChI=1S/C39H72N2O15/c1-13-27-39(10,48)32(44)22(4)29(41-51-19-50-15-14-42)20(2)17-37(8,47)34(56-36-30(43)26(40-11)16-21(3)52-36)23(5)31(24(6)35(46)54-27)55-28-18-38(9,49-12)33(45)25(7)53-28/h20-28,30-34,36,40,42-45,47-48H,13-19H2,1-12H3/b41-29+/t20-,21-,22+,23+,24-,25+,26+,27-,28+,30-,31+,32-,33+,34-,36+,37-,38-,39-/m1/s1. The maximum absolute atomic E-state index is 14.3. The number of aliphatic hydroxyl groups excluding tert-OH is 4. The van der Waals surface area contributed by atoms with Crippen LogP contribution in [0, 0.1) is 23.7 Å². The van der Waals surface area contributed by atoms with E-state index < -0.39 is 102 Å². The van der Waals surface area contributed by atoms with Crippen molar-refractivity contribution < 1.29 is 73.4 Å². The van der Waals surface area contributed by atoms with Gasteiger partial charge in [-0.05, 0) is 67.9 Å². The number of carbonyl (C=O) groups excluding carboxylic acids is 1. The van der Waals surface area contributed by atoms with Gasteiger partial charge in [0.15, 0.2) is 12.6 Å². The Morgan fingerprint density at radius 3 is 2.20 bits per heavy atom. The van der Waals surface area contributed by atoms with Crippen molar-refractivity contribution in [2.24, 2.45) is 28.8 Å². The third-order valence-electron chi connectivity index (χ3n) is 12.1. The van der Waals surface area contributed by atoms with E-state index in [4.69, 9.17) is 43.1 Å². The first-order valence-electron chi connectivity index (χ1n) is 20.0. The van der Waals surface area contributed by atoms with E-state index in [1.807, 2.05) is 6.92 Å². The summed E-state index contributed by atoms with van der Waals surface area (Å²) in [5.74, 6) is -4.22. The molecule has 0 aromatic rings. The summed E-state index contributed by atoms with van der Waals surface area (Å²) in [6, 6.07) is -0.386. The van der Waals surface area contributed by atoms with Crippen molar-refractivity contribution in [2.45, 2.75) is 179 Å². The number of aliphatic hydroxyl groups is 6. The number of hydrogen-bond donors (Lipinski definition) is 7. The minimum Gasteiger partial charge on any atom is -0.459 e. The maximum atomic E-state index is 14.3. The summed E-state index contributed by atoms with van der Waals surface area (Å²) in [5, 5.41) is 75.2. The molecule has 0 unspecified atom stereocenters. The average Bonchev–Trinajstić information content (AvgIpc) is 3.14. The number of carbonyl (C=O) groups is 1. The van der Waals surface area contributed by atoms with Crippen LogP contribution >= 0.6 is 0 Å². The Hall–Kier alpha value is -1.58. The summed E-state index contributed by atoms with van der Waals surface area (Å²) in [6.07, 6.45) is -9.69. The fourth-order valence-corrected chi connectivity index (χ4v) is 8.65. The van der Waals surface area contributed by atoms with E-state index in [1.54, 1.807) is 62.4 Å². The van der Waals surface area contributed by atoms with Crippen LogP contribution in [0.15, 0.2) is 5.16 Å². The monoisotopic (exact) mass is 808 g/mol. The van der Waals surface area contributed by atoms with Gasteiger partial charge in [0.2, 0.25) is 6.79 Å². The van der Waals surface area contributed by atoms with Gasteiger partial charge in [-0.2, -0.15) is 0 Å². The minimum absolute atomic E-state index is 0.00232. The molecule has 18 atom stereocenters. The molecule has 3 aliphatic rings. The summed E-state index contributed by atoms with van der Waals surface area (Å²) in [4.78, 5) is 19.7. The Bertz CT molecular complexity index is 1260. The molecule has 3 rings (SSSR count). The van der Waals surface area contributed by atoms with Crippen molar-refractivity contribution in [1.82, 2.24) is 5.32 Å². The Kier molecular flexibility index (Phi) is 17.9. The van der Waals surface area contributed by atoms with Gasteiger partial charge >= 0.3 is 5.97 Å². The Morgan fingerprint density at radius 1 is 0.946 bits per heavy atom. The molecular formula is C39H72N2O15. The summed E-state index contributed by atoms with van der Waals surface area (Å²) < 4.78 is 42.6. The Morgan fingerprint density at radius 2 is 1.61 bits per heavy atom. The van der Waals surface area contributed by atoms with Gasteiger partial charge in [-0.25, -0.2) is 0 Å². The van der Waals surface area contributed by atoms with E-state index in [9.17, 15) is 30.3 Å². The number of methoxy groups -OCH3 is 1. The second kappa shape index (κ2) is 20.6. The third kappa shape index (κ3) is 11.4. The summed E-state index contributed by atoms with van der Waals surface area (Å²) in [6.45, 7) is 16.2.